The number of aliphatic imine (C=N–C) groups is 1. The molecule has 0 unspecified atom stereocenters. The van der Waals surface area contributed by atoms with Gasteiger partial charge in [-0.3, -0.25) is 14.7 Å². The van der Waals surface area contributed by atoms with Crippen LogP contribution in [0.15, 0.2) is 189 Å². The highest BCUT2D eigenvalue weighted by Crippen LogP contribution is 2.38. The van der Waals surface area contributed by atoms with E-state index in [2.05, 4.69) is 94.5 Å². The molecule has 22 heteroatoms. The molecule has 0 saturated carbocycles. The van der Waals surface area contributed by atoms with E-state index in [0.29, 0.717) is 75.0 Å². The van der Waals surface area contributed by atoms with E-state index in [1.807, 2.05) is 97.2 Å². The molecule has 0 radical (unpaired) electrons. The molecule has 492 valence electrons. The summed E-state index contributed by atoms with van der Waals surface area (Å²) in [6.45, 7) is 15.6. The molecular weight excluding hydrogens is 1270 g/mol. The van der Waals surface area contributed by atoms with Crippen LogP contribution in [0.2, 0.25) is 0 Å². The van der Waals surface area contributed by atoms with Crippen molar-refractivity contribution in [1.82, 2.24) is 19.8 Å². The van der Waals surface area contributed by atoms with Crippen LogP contribution in [0.25, 0.3) is 22.1 Å². The minimum absolute atomic E-state index is 0.000556. The average Bonchev–Trinajstić information content (AvgIpc) is 1.65. The van der Waals surface area contributed by atoms with Crippen molar-refractivity contribution in [2.45, 2.75) is 77.4 Å². The second-order valence-electron chi connectivity index (χ2n) is 23.9. The fraction of sp³-hybridized carbons (Fsp3) is 0.306. The van der Waals surface area contributed by atoms with E-state index in [1.54, 1.807) is 47.4 Å². The number of halogens is 5. The van der Waals surface area contributed by atoms with Gasteiger partial charge in [-0.15, -0.1) is 0 Å². The van der Waals surface area contributed by atoms with Crippen LogP contribution in [0.4, 0.5) is 40.4 Å². The molecule has 0 atom stereocenters. The van der Waals surface area contributed by atoms with E-state index in [-0.39, 0.29) is 41.2 Å². The molecule has 0 bridgehead atoms. The van der Waals surface area contributed by atoms with E-state index in [9.17, 15) is 22.4 Å². The fourth-order valence-corrected chi connectivity index (χ4v) is 11.2. The number of amidine groups is 1. The largest absolute Gasteiger partial charge is 0.494 e. The SMILES string of the molecule is CCCc1oc2cccc(F)c2c(=O)c1-c1ccccc1.CN(C)c1ccc(B2OC(C)(C)C(C)(C)O2)cc1F.Fc1cc(Br)ccc1OC1CN(C(c2ccccc2)c2ccccc2)C1.Nc1ccc(NCCO)c(F)c1.Nc1ncnc2c1C(N1CCOCC1)=NC2. The maximum Gasteiger partial charge on any atom is 0.494 e. The number of aliphatic hydroxyl groups excluding tert-OH is 1. The van der Waals surface area contributed by atoms with Gasteiger partial charge in [0.1, 0.15) is 58.3 Å². The number of fused-ring (bicyclic) bond motifs is 2. The molecule has 6 heterocycles. The zero-order valence-corrected chi connectivity index (χ0v) is 55.4. The molecule has 3 fully saturated rings. The zero-order chi connectivity index (χ0) is 67.1. The third-order valence-electron chi connectivity index (χ3n) is 16.4. The van der Waals surface area contributed by atoms with Crippen molar-refractivity contribution >= 4 is 68.2 Å². The summed E-state index contributed by atoms with van der Waals surface area (Å²) in [7, 11) is 3.11. The van der Waals surface area contributed by atoms with E-state index < -0.39 is 30.0 Å². The van der Waals surface area contributed by atoms with Gasteiger partial charge < -0.3 is 54.9 Å². The number of ether oxygens (including phenoxy) is 2. The minimum Gasteiger partial charge on any atom is -0.485 e. The first kappa shape index (κ1) is 69.7. The van der Waals surface area contributed by atoms with E-state index in [4.69, 9.17) is 39.8 Å². The van der Waals surface area contributed by atoms with Crippen molar-refractivity contribution in [1.29, 1.82) is 0 Å². The number of nitrogens with one attached hydrogen (secondary N) is 1. The van der Waals surface area contributed by atoms with Crippen LogP contribution in [0, 0.1) is 23.3 Å². The Morgan fingerprint density at radius 1 is 0.755 bits per heavy atom. The van der Waals surface area contributed by atoms with Crippen molar-refractivity contribution in [3.8, 4) is 16.9 Å². The van der Waals surface area contributed by atoms with Crippen molar-refractivity contribution in [3.63, 3.8) is 0 Å². The predicted octanol–water partition coefficient (Wildman–Crippen LogP) is 12.6. The van der Waals surface area contributed by atoms with Gasteiger partial charge in [-0.05, 0) is 117 Å². The zero-order valence-electron chi connectivity index (χ0n) is 53.8. The number of likely N-dealkylation sites (tertiary alicyclic amines) is 1. The summed E-state index contributed by atoms with van der Waals surface area (Å²) in [5.41, 5.74) is 18.0. The maximum atomic E-state index is 14.0. The lowest BCUT2D eigenvalue weighted by molar-refractivity contribution is -0.00169. The van der Waals surface area contributed by atoms with Gasteiger partial charge in [0.15, 0.2) is 11.6 Å². The van der Waals surface area contributed by atoms with Crippen molar-refractivity contribution in [2.75, 3.05) is 88.3 Å². The number of nitrogen functional groups attached to an aromatic ring is 2. The lowest BCUT2D eigenvalue weighted by Crippen LogP contribution is -2.55. The Bertz CT molecular complexity index is 4020. The van der Waals surface area contributed by atoms with Crippen LogP contribution in [-0.4, -0.2) is 122 Å². The molecule has 16 nitrogen and oxygen atoms in total. The first-order valence-electron chi connectivity index (χ1n) is 31.1. The standard InChI is InChI=1S/C22H19BrFNO.C18H15FO2.C14H21BFNO2.C10H13N5O.C8H11FN2O/c23-18-11-12-21(20(24)13-18)26-19-14-25(15-19)22(16-7-3-1-4-8-16)17-9-5-2-6-10-17;1-2-7-14-16(12-8-4-3-5-9-12)18(20)17-13(19)10-6-11-15(17)21-14;1-13(2)14(3,4)19-15(18-13)10-7-8-12(17(5)6)11(16)9-10;11-9-8-7(13-6-14-9)5-12-10(8)15-1-3-16-4-2-15;9-7-5-6(10)1-2-8(7)11-3-4-12/h1-13,19,22H,14-15H2;3-6,8-11H,2,7H2,1H3;7-9H,1-6H3;6H,1-5H2,(H2,11,13,14);1-2,5,11-12H,3-4,10H2. The van der Waals surface area contributed by atoms with Gasteiger partial charge in [0.25, 0.3) is 0 Å². The smallest absolute Gasteiger partial charge is 0.485 e. The highest BCUT2D eigenvalue weighted by molar-refractivity contribution is 9.10. The number of nitrogens with two attached hydrogens (primary N) is 2. The topological polar surface area (TPSA) is 199 Å². The number of anilines is 4. The van der Waals surface area contributed by atoms with Crippen LogP contribution >= 0.6 is 15.9 Å². The highest BCUT2D eigenvalue weighted by Gasteiger charge is 2.52. The predicted molar refractivity (Wildman–Crippen MR) is 369 cm³/mol. The number of aryl methyl sites for hydroxylation is 1. The Morgan fingerprint density at radius 2 is 1.40 bits per heavy atom. The third-order valence-corrected chi connectivity index (χ3v) is 16.9. The first-order valence-corrected chi connectivity index (χ1v) is 31.9. The molecule has 4 aliphatic rings. The molecule has 0 aliphatic carbocycles. The van der Waals surface area contributed by atoms with Crippen molar-refractivity contribution in [3.05, 3.63) is 236 Å². The summed E-state index contributed by atoms with van der Waals surface area (Å²) < 4.78 is 84.4. The first-order chi connectivity index (χ1) is 45.2. The second kappa shape index (κ2) is 32.0. The molecule has 4 aliphatic heterocycles. The average molecular weight is 1350 g/mol. The molecule has 7 aromatic carbocycles. The van der Waals surface area contributed by atoms with Gasteiger partial charge in [-0.1, -0.05) is 126 Å². The van der Waals surface area contributed by atoms with Gasteiger partial charge in [0, 0.05) is 63.4 Å². The number of hydrogen-bond donors (Lipinski definition) is 4. The van der Waals surface area contributed by atoms with E-state index in [1.165, 1.54) is 41.7 Å². The molecule has 0 amide bonds. The number of benzene rings is 7. The van der Waals surface area contributed by atoms with Gasteiger partial charge >= 0.3 is 7.12 Å². The molecule has 9 aromatic rings. The van der Waals surface area contributed by atoms with E-state index in [0.717, 1.165) is 68.5 Å². The molecule has 2 aromatic heterocycles. The normalized spacial score (nSPS) is 15.4. The minimum atomic E-state index is -0.540. The number of aromatic nitrogens is 2. The number of aliphatic hydroxyl groups is 1. The summed E-state index contributed by atoms with van der Waals surface area (Å²) in [6.07, 6.45) is 2.99. The van der Waals surface area contributed by atoms with Crippen molar-refractivity contribution in [2.24, 2.45) is 4.99 Å². The number of hydrogen-bond acceptors (Lipinski definition) is 16. The highest BCUT2D eigenvalue weighted by atomic mass is 79.9. The Kier molecular flexibility index (Phi) is 23.7. The number of nitrogens with zero attached hydrogens (tertiary/aromatic N) is 6. The summed E-state index contributed by atoms with van der Waals surface area (Å²) in [5, 5.41) is 11.2. The molecular formula is C72H79BBrF4N9O7. The van der Waals surface area contributed by atoms with Gasteiger partial charge in [0.05, 0.1) is 71.8 Å². The second-order valence-corrected chi connectivity index (χ2v) is 24.8. The van der Waals surface area contributed by atoms with Crippen LogP contribution in [-0.2, 0) is 27.0 Å². The summed E-state index contributed by atoms with van der Waals surface area (Å²) in [6, 6.07) is 49.2. The van der Waals surface area contributed by atoms with Gasteiger partial charge in [0.2, 0.25) is 5.43 Å². The molecule has 6 N–H and O–H groups in total. The van der Waals surface area contributed by atoms with Crippen LogP contribution in [0.1, 0.15) is 75.2 Å². The molecule has 13 rings (SSSR count). The Morgan fingerprint density at radius 3 is 2.00 bits per heavy atom. The number of rotatable bonds is 13. The van der Waals surface area contributed by atoms with Crippen molar-refractivity contribution < 1.29 is 45.9 Å². The van der Waals surface area contributed by atoms with Crippen LogP contribution in [0.3, 0.4) is 0 Å². The third kappa shape index (κ3) is 17.2. The molecule has 3 saturated heterocycles. The van der Waals surface area contributed by atoms with Crippen LogP contribution in [0.5, 0.6) is 5.75 Å². The monoisotopic (exact) mass is 1350 g/mol. The lowest BCUT2D eigenvalue weighted by Gasteiger charge is -2.44. The lowest BCUT2D eigenvalue weighted by atomic mass is 9.79. The summed E-state index contributed by atoms with van der Waals surface area (Å²) >= 11 is 3.27. The van der Waals surface area contributed by atoms with Gasteiger partial charge in [-0.2, -0.15) is 0 Å². The summed E-state index contributed by atoms with van der Waals surface area (Å²) in [5.74, 6) is 0.840. The molecule has 94 heavy (non-hydrogen) atoms. The molecule has 0 spiro atoms. The van der Waals surface area contributed by atoms with Gasteiger partial charge in [-0.25, -0.2) is 27.5 Å². The fourth-order valence-electron chi connectivity index (χ4n) is 10.9. The Hall–Kier alpha value is -8.64. The Balaban J connectivity index is 0.000000141. The number of morpholine rings is 1. The van der Waals surface area contributed by atoms with Crippen LogP contribution < -0.4 is 37.3 Å². The quantitative estimate of drug-likeness (QED) is 0.0482. The Labute approximate surface area is 554 Å². The summed E-state index contributed by atoms with van der Waals surface area (Å²) in [4.78, 5) is 31.8. The maximum absolute atomic E-state index is 14.0. The van der Waals surface area contributed by atoms with E-state index >= 15 is 0 Å².